The van der Waals surface area contributed by atoms with Crippen LogP contribution >= 0.6 is 0 Å². The predicted molar refractivity (Wildman–Crippen MR) is 69.5 cm³/mol. The summed E-state index contributed by atoms with van der Waals surface area (Å²) < 4.78 is 0. The zero-order valence-corrected chi connectivity index (χ0v) is 11.0. The third kappa shape index (κ3) is 3.10. The standard InChI is InChI=1S/C14H18N2O3/c1-10-7-9-16(13(10)14(18)19)12(17)6-5-11-4-2-3-8-15-11/h2-4,8,10,13H,5-7,9H2,1H3,(H,18,19). The molecule has 2 atom stereocenters. The summed E-state index contributed by atoms with van der Waals surface area (Å²) in [5, 5.41) is 9.18. The van der Waals surface area contributed by atoms with Crippen LogP contribution in [-0.2, 0) is 16.0 Å². The van der Waals surface area contributed by atoms with Crippen LogP contribution in [0.2, 0.25) is 0 Å². The Balaban J connectivity index is 1.95. The van der Waals surface area contributed by atoms with Gasteiger partial charge < -0.3 is 10.0 Å². The summed E-state index contributed by atoms with van der Waals surface area (Å²) in [5.41, 5.74) is 0.856. The fraction of sp³-hybridized carbons (Fsp3) is 0.500. The van der Waals surface area contributed by atoms with Gasteiger partial charge in [-0.15, -0.1) is 0 Å². The van der Waals surface area contributed by atoms with E-state index in [1.807, 2.05) is 25.1 Å². The molecule has 1 fully saturated rings. The number of carbonyl (C=O) groups is 2. The van der Waals surface area contributed by atoms with E-state index in [-0.39, 0.29) is 11.8 Å². The minimum atomic E-state index is -0.906. The molecule has 1 aliphatic rings. The highest BCUT2D eigenvalue weighted by Gasteiger charge is 2.38. The Morgan fingerprint density at radius 1 is 1.47 bits per heavy atom. The highest BCUT2D eigenvalue weighted by molar-refractivity contribution is 5.84. The second-order valence-corrected chi connectivity index (χ2v) is 4.96. The Morgan fingerprint density at radius 3 is 2.89 bits per heavy atom. The molecule has 0 aliphatic carbocycles. The molecule has 0 spiro atoms. The largest absolute Gasteiger partial charge is 0.480 e. The number of nitrogens with zero attached hydrogens (tertiary/aromatic N) is 2. The number of carboxylic acid groups (broad SMARTS) is 1. The van der Waals surface area contributed by atoms with Crippen molar-refractivity contribution >= 4 is 11.9 Å². The van der Waals surface area contributed by atoms with Gasteiger partial charge in [-0.05, 0) is 30.9 Å². The van der Waals surface area contributed by atoms with Crippen LogP contribution in [0.15, 0.2) is 24.4 Å². The van der Waals surface area contributed by atoms with E-state index in [4.69, 9.17) is 0 Å². The van der Waals surface area contributed by atoms with Crippen molar-refractivity contribution in [1.82, 2.24) is 9.88 Å². The average molecular weight is 262 g/mol. The van der Waals surface area contributed by atoms with E-state index in [2.05, 4.69) is 4.98 Å². The smallest absolute Gasteiger partial charge is 0.326 e. The Hall–Kier alpha value is -1.91. The van der Waals surface area contributed by atoms with Crippen LogP contribution in [0.3, 0.4) is 0 Å². The van der Waals surface area contributed by atoms with Crippen LogP contribution in [0.25, 0.3) is 0 Å². The monoisotopic (exact) mass is 262 g/mol. The molecule has 1 aromatic rings. The number of aryl methyl sites for hydroxylation is 1. The summed E-state index contributed by atoms with van der Waals surface area (Å²) in [6.45, 7) is 2.42. The van der Waals surface area contributed by atoms with Crippen molar-refractivity contribution in [3.63, 3.8) is 0 Å². The van der Waals surface area contributed by atoms with Gasteiger partial charge in [0.25, 0.3) is 0 Å². The maximum absolute atomic E-state index is 12.1. The van der Waals surface area contributed by atoms with Gasteiger partial charge in [-0.1, -0.05) is 13.0 Å². The van der Waals surface area contributed by atoms with Crippen molar-refractivity contribution in [2.24, 2.45) is 5.92 Å². The van der Waals surface area contributed by atoms with E-state index in [1.54, 1.807) is 6.20 Å². The van der Waals surface area contributed by atoms with E-state index in [1.165, 1.54) is 4.90 Å². The number of carbonyl (C=O) groups excluding carboxylic acids is 1. The zero-order chi connectivity index (χ0) is 13.8. The average Bonchev–Trinajstić information content (AvgIpc) is 2.79. The summed E-state index contributed by atoms with van der Waals surface area (Å²) >= 11 is 0. The van der Waals surface area contributed by atoms with E-state index >= 15 is 0 Å². The first kappa shape index (κ1) is 13.5. The number of aromatic nitrogens is 1. The molecule has 0 bridgehead atoms. The Morgan fingerprint density at radius 2 is 2.26 bits per heavy atom. The van der Waals surface area contributed by atoms with Crippen molar-refractivity contribution in [2.45, 2.75) is 32.2 Å². The highest BCUT2D eigenvalue weighted by Crippen LogP contribution is 2.25. The van der Waals surface area contributed by atoms with Crippen LogP contribution < -0.4 is 0 Å². The molecule has 2 rings (SSSR count). The molecular formula is C14H18N2O3. The summed E-state index contributed by atoms with van der Waals surface area (Å²) in [5.74, 6) is -0.977. The number of hydrogen-bond donors (Lipinski definition) is 1. The first-order valence-corrected chi connectivity index (χ1v) is 6.52. The van der Waals surface area contributed by atoms with Gasteiger partial charge in [0.2, 0.25) is 5.91 Å². The molecule has 5 heteroatoms. The number of amides is 1. The molecular weight excluding hydrogens is 244 g/mol. The van der Waals surface area contributed by atoms with E-state index in [0.29, 0.717) is 19.4 Å². The molecule has 0 aromatic carbocycles. The molecule has 0 saturated carbocycles. The lowest BCUT2D eigenvalue weighted by molar-refractivity contribution is -0.149. The molecule has 1 aliphatic heterocycles. The van der Waals surface area contributed by atoms with E-state index < -0.39 is 12.0 Å². The number of likely N-dealkylation sites (tertiary alicyclic amines) is 1. The Kier molecular flexibility index (Phi) is 4.14. The Bertz CT molecular complexity index is 461. The molecule has 19 heavy (non-hydrogen) atoms. The molecule has 1 N–H and O–H groups in total. The van der Waals surface area contributed by atoms with Gasteiger partial charge >= 0.3 is 5.97 Å². The summed E-state index contributed by atoms with van der Waals surface area (Å²) in [4.78, 5) is 29.0. The van der Waals surface area contributed by atoms with Crippen LogP contribution in [0.5, 0.6) is 0 Å². The molecule has 5 nitrogen and oxygen atoms in total. The van der Waals surface area contributed by atoms with Gasteiger partial charge in [0.05, 0.1) is 0 Å². The van der Waals surface area contributed by atoms with Gasteiger partial charge in [-0.25, -0.2) is 4.79 Å². The van der Waals surface area contributed by atoms with Crippen molar-refractivity contribution in [1.29, 1.82) is 0 Å². The zero-order valence-electron chi connectivity index (χ0n) is 11.0. The molecule has 0 radical (unpaired) electrons. The van der Waals surface area contributed by atoms with Crippen molar-refractivity contribution in [3.8, 4) is 0 Å². The van der Waals surface area contributed by atoms with Gasteiger partial charge in [-0.3, -0.25) is 9.78 Å². The van der Waals surface area contributed by atoms with Crippen molar-refractivity contribution < 1.29 is 14.7 Å². The maximum Gasteiger partial charge on any atom is 0.326 e. The molecule has 1 saturated heterocycles. The second kappa shape index (κ2) is 5.82. The number of carboxylic acids is 1. The highest BCUT2D eigenvalue weighted by atomic mass is 16.4. The topological polar surface area (TPSA) is 70.5 Å². The minimum Gasteiger partial charge on any atom is -0.480 e. The normalized spacial score (nSPS) is 22.5. The first-order chi connectivity index (χ1) is 9.09. The van der Waals surface area contributed by atoms with Crippen molar-refractivity contribution in [3.05, 3.63) is 30.1 Å². The van der Waals surface area contributed by atoms with Crippen molar-refractivity contribution in [2.75, 3.05) is 6.54 Å². The minimum absolute atomic E-state index is 0.0244. The van der Waals surface area contributed by atoms with Gasteiger partial charge in [0.1, 0.15) is 6.04 Å². The summed E-state index contributed by atoms with van der Waals surface area (Å²) in [6, 6.07) is 4.91. The number of hydrogen-bond acceptors (Lipinski definition) is 3. The quantitative estimate of drug-likeness (QED) is 0.888. The second-order valence-electron chi connectivity index (χ2n) is 4.96. The number of rotatable bonds is 4. The van der Waals surface area contributed by atoms with Gasteiger partial charge in [0, 0.05) is 24.9 Å². The third-order valence-corrected chi connectivity index (χ3v) is 3.59. The van der Waals surface area contributed by atoms with E-state index in [0.717, 1.165) is 12.1 Å². The molecule has 102 valence electrons. The summed E-state index contributed by atoms with van der Waals surface area (Å²) in [6.07, 6.45) is 3.31. The lowest BCUT2D eigenvalue weighted by atomic mass is 10.0. The van der Waals surface area contributed by atoms with E-state index in [9.17, 15) is 14.7 Å². The Labute approximate surface area is 112 Å². The fourth-order valence-corrected chi connectivity index (χ4v) is 2.53. The molecule has 1 aromatic heterocycles. The SMILES string of the molecule is CC1CCN(C(=O)CCc2ccccn2)C1C(=O)O. The maximum atomic E-state index is 12.1. The lowest BCUT2D eigenvalue weighted by Gasteiger charge is -2.23. The van der Waals surface area contributed by atoms with Crippen LogP contribution in [0.1, 0.15) is 25.5 Å². The van der Waals surface area contributed by atoms with Crippen LogP contribution in [0.4, 0.5) is 0 Å². The van der Waals surface area contributed by atoms with Gasteiger partial charge in [0.15, 0.2) is 0 Å². The molecule has 2 unspecified atom stereocenters. The van der Waals surface area contributed by atoms with Crippen LogP contribution in [-0.4, -0.2) is 39.5 Å². The lowest BCUT2D eigenvalue weighted by Crippen LogP contribution is -2.42. The predicted octanol–water partition coefficient (Wildman–Crippen LogP) is 1.34. The number of aliphatic carboxylic acids is 1. The number of pyridine rings is 1. The molecule has 1 amide bonds. The summed E-state index contributed by atoms with van der Waals surface area (Å²) in [7, 11) is 0. The first-order valence-electron chi connectivity index (χ1n) is 6.52. The fourth-order valence-electron chi connectivity index (χ4n) is 2.53. The van der Waals surface area contributed by atoms with Gasteiger partial charge in [-0.2, -0.15) is 0 Å². The third-order valence-electron chi connectivity index (χ3n) is 3.59. The van der Waals surface area contributed by atoms with Crippen LogP contribution in [0, 0.1) is 5.92 Å². The molecule has 2 heterocycles.